The van der Waals surface area contributed by atoms with Crippen LogP contribution in [0.15, 0.2) is 12.1 Å². The number of halogens is 3. The van der Waals surface area contributed by atoms with Gasteiger partial charge in [-0.1, -0.05) is 6.92 Å². The minimum absolute atomic E-state index is 0.0896. The van der Waals surface area contributed by atoms with Crippen molar-refractivity contribution in [3.63, 3.8) is 0 Å². The van der Waals surface area contributed by atoms with Crippen LogP contribution in [-0.2, 0) is 11.3 Å². The summed E-state index contributed by atoms with van der Waals surface area (Å²) in [5.41, 5.74) is -0.774. The summed E-state index contributed by atoms with van der Waals surface area (Å²) in [4.78, 5) is 13.3. The van der Waals surface area contributed by atoms with Gasteiger partial charge in [-0.15, -0.1) is 0 Å². The van der Waals surface area contributed by atoms with Crippen molar-refractivity contribution < 1.29 is 22.7 Å². The van der Waals surface area contributed by atoms with Crippen LogP contribution < -0.4 is 0 Å². The molecular weight excluding hydrogens is 283 g/mol. The highest BCUT2D eigenvalue weighted by Crippen LogP contribution is 2.18. The summed E-state index contributed by atoms with van der Waals surface area (Å²) in [7, 11) is 0. The highest BCUT2D eigenvalue weighted by molar-refractivity contribution is 5.68. The van der Waals surface area contributed by atoms with Crippen LogP contribution in [0.3, 0.4) is 0 Å². The Bertz CT molecular complexity index is 512. The molecule has 0 N–H and O–H groups in total. The number of benzene rings is 1. The van der Waals surface area contributed by atoms with Crippen molar-refractivity contribution >= 4 is 6.09 Å². The first-order valence-corrected chi connectivity index (χ1v) is 6.75. The van der Waals surface area contributed by atoms with Gasteiger partial charge in [0.25, 0.3) is 0 Å². The van der Waals surface area contributed by atoms with Crippen molar-refractivity contribution in [3.8, 4) is 0 Å². The van der Waals surface area contributed by atoms with E-state index in [2.05, 4.69) is 0 Å². The molecule has 0 unspecified atom stereocenters. The lowest BCUT2D eigenvalue weighted by atomic mass is 10.2. The summed E-state index contributed by atoms with van der Waals surface area (Å²) in [6, 6.07) is 1.24. The Morgan fingerprint density at radius 3 is 2.24 bits per heavy atom. The summed E-state index contributed by atoms with van der Waals surface area (Å²) in [6.45, 7) is 7.14. The molecule has 0 bridgehead atoms. The third-order valence-electron chi connectivity index (χ3n) is 2.60. The van der Waals surface area contributed by atoms with Crippen molar-refractivity contribution in [1.29, 1.82) is 0 Å². The Kier molecular flexibility index (Phi) is 5.63. The lowest BCUT2D eigenvalue weighted by molar-refractivity contribution is 0.0232. The molecule has 0 spiro atoms. The Balaban J connectivity index is 2.93. The largest absolute Gasteiger partial charge is 0.444 e. The molecule has 3 nitrogen and oxygen atoms in total. The van der Waals surface area contributed by atoms with Crippen molar-refractivity contribution in [3.05, 3.63) is 35.1 Å². The Labute approximate surface area is 122 Å². The number of rotatable bonds is 4. The maximum absolute atomic E-state index is 13.6. The first-order valence-electron chi connectivity index (χ1n) is 6.75. The molecule has 1 aromatic rings. The Morgan fingerprint density at radius 1 is 1.14 bits per heavy atom. The van der Waals surface area contributed by atoms with Crippen molar-refractivity contribution in [2.45, 2.75) is 46.3 Å². The zero-order valence-electron chi connectivity index (χ0n) is 12.7. The maximum atomic E-state index is 13.6. The smallest absolute Gasteiger partial charge is 0.410 e. The van der Waals surface area contributed by atoms with Gasteiger partial charge in [-0.2, -0.15) is 0 Å². The van der Waals surface area contributed by atoms with Crippen LogP contribution in [0.2, 0.25) is 0 Å². The summed E-state index contributed by atoms with van der Waals surface area (Å²) in [5.74, 6) is -3.29. The van der Waals surface area contributed by atoms with Crippen LogP contribution in [0.25, 0.3) is 0 Å². The number of amides is 1. The van der Waals surface area contributed by atoms with E-state index in [1.807, 2.05) is 6.92 Å². The molecule has 0 saturated carbocycles. The van der Waals surface area contributed by atoms with Gasteiger partial charge in [-0.05, 0) is 33.3 Å². The Morgan fingerprint density at radius 2 is 1.71 bits per heavy atom. The van der Waals surface area contributed by atoms with E-state index in [9.17, 15) is 18.0 Å². The average Bonchev–Trinajstić information content (AvgIpc) is 2.33. The van der Waals surface area contributed by atoms with Crippen LogP contribution in [0.1, 0.15) is 39.7 Å². The van der Waals surface area contributed by atoms with E-state index in [0.717, 1.165) is 6.07 Å². The van der Waals surface area contributed by atoms with E-state index < -0.39 is 29.1 Å². The minimum atomic E-state index is -1.25. The second-order valence-electron chi connectivity index (χ2n) is 5.76. The molecule has 118 valence electrons. The molecule has 0 aliphatic carbocycles. The van der Waals surface area contributed by atoms with Gasteiger partial charge in [0.2, 0.25) is 0 Å². The van der Waals surface area contributed by atoms with Crippen LogP contribution in [0, 0.1) is 17.5 Å². The van der Waals surface area contributed by atoms with Gasteiger partial charge < -0.3 is 9.64 Å². The molecule has 1 rings (SSSR count). The fraction of sp³-hybridized carbons (Fsp3) is 0.533. The van der Waals surface area contributed by atoms with E-state index in [4.69, 9.17) is 4.74 Å². The maximum Gasteiger partial charge on any atom is 0.410 e. The van der Waals surface area contributed by atoms with E-state index in [1.54, 1.807) is 20.8 Å². The molecule has 0 aromatic heterocycles. The van der Waals surface area contributed by atoms with Gasteiger partial charge in [-0.25, -0.2) is 18.0 Å². The first kappa shape index (κ1) is 17.3. The van der Waals surface area contributed by atoms with Crippen LogP contribution in [0.5, 0.6) is 0 Å². The van der Waals surface area contributed by atoms with Crippen LogP contribution >= 0.6 is 0 Å². The molecule has 0 atom stereocenters. The molecule has 0 fully saturated rings. The molecule has 6 heteroatoms. The van der Waals surface area contributed by atoms with Gasteiger partial charge in [0.05, 0.1) is 6.54 Å². The molecular formula is C15H20F3NO2. The quantitative estimate of drug-likeness (QED) is 0.778. The van der Waals surface area contributed by atoms with Gasteiger partial charge in [0.1, 0.15) is 11.4 Å². The van der Waals surface area contributed by atoms with E-state index in [-0.39, 0.29) is 12.1 Å². The zero-order valence-corrected chi connectivity index (χ0v) is 12.7. The number of ether oxygens (including phenoxy) is 1. The minimum Gasteiger partial charge on any atom is -0.444 e. The number of hydrogen-bond acceptors (Lipinski definition) is 2. The van der Waals surface area contributed by atoms with Crippen molar-refractivity contribution in [2.75, 3.05) is 6.54 Å². The number of hydrogen-bond donors (Lipinski definition) is 0. The molecule has 1 amide bonds. The van der Waals surface area contributed by atoms with E-state index >= 15 is 0 Å². The monoisotopic (exact) mass is 303 g/mol. The van der Waals surface area contributed by atoms with Gasteiger partial charge in [0, 0.05) is 18.2 Å². The number of carbonyl (C=O) groups is 1. The first-order chi connectivity index (χ1) is 9.64. The second-order valence-corrected chi connectivity index (χ2v) is 5.76. The third-order valence-corrected chi connectivity index (χ3v) is 2.60. The molecule has 0 saturated heterocycles. The third kappa shape index (κ3) is 5.28. The highest BCUT2D eigenvalue weighted by Gasteiger charge is 2.23. The van der Waals surface area contributed by atoms with Gasteiger partial charge in [0.15, 0.2) is 11.6 Å². The van der Waals surface area contributed by atoms with Crippen molar-refractivity contribution in [1.82, 2.24) is 4.90 Å². The standard InChI is InChI=1S/C15H20F3NO2/c1-5-6-19(14(20)21-15(2,3)4)9-10-7-12(17)13(18)8-11(10)16/h7-8H,5-6,9H2,1-4H3. The molecule has 0 heterocycles. The molecule has 0 radical (unpaired) electrons. The lowest BCUT2D eigenvalue weighted by Gasteiger charge is -2.27. The normalized spacial score (nSPS) is 11.4. The molecule has 0 aliphatic heterocycles. The summed E-state index contributed by atoms with van der Waals surface area (Å²) in [5, 5.41) is 0. The fourth-order valence-electron chi connectivity index (χ4n) is 1.72. The number of nitrogens with zero attached hydrogens (tertiary/aromatic N) is 1. The van der Waals surface area contributed by atoms with Crippen molar-refractivity contribution in [2.24, 2.45) is 0 Å². The zero-order chi connectivity index (χ0) is 16.2. The molecule has 1 aromatic carbocycles. The topological polar surface area (TPSA) is 29.5 Å². The Hall–Kier alpha value is -1.72. The molecule has 0 aliphatic rings. The fourth-order valence-corrected chi connectivity index (χ4v) is 1.72. The second kappa shape index (κ2) is 6.83. The van der Waals surface area contributed by atoms with Gasteiger partial charge >= 0.3 is 6.09 Å². The highest BCUT2D eigenvalue weighted by atomic mass is 19.2. The predicted octanol–water partition coefficient (Wildman–Crippen LogP) is 4.25. The summed E-state index contributed by atoms with van der Waals surface area (Å²) < 4.78 is 45.0. The number of carbonyl (C=O) groups excluding carboxylic acids is 1. The van der Waals surface area contributed by atoms with E-state index in [0.29, 0.717) is 19.0 Å². The predicted molar refractivity (Wildman–Crippen MR) is 73.3 cm³/mol. The van der Waals surface area contributed by atoms with E-state index in [1.165, 1.54) is 4.90 Å². The average molecular weight is 303 g/mol. The summed E-state index contributed by atoms with van der Waals surface area (Å²) >= 11 is 0. The SMILES string of the molecule is CCCN(Cc1cc(F)c(F)cc1F)C(=O)OC(C)(C)C. The molecule has 21 heavy (non-hydrogen) atoms. The van der Waals surface area contributed by atoms with Gasteiger partial charge in [-0.3, -0.25) is 0 Å². The summed E-state index contributed by atoms with van der Waals surface area (Å²) in [6.07, 6.45) is 0.0124. The van der Waals surface area contributed by atoms with Crippen LogP contribution in [-0.4, -0.2) is 23.1 Å². The van der Waals surface area contributed by atoms with Crippen LogP contribution in [0.4, 0.5) is 18.0 Å². The lowest BCUT2D eigenvalue weighted by Crippen LogP contribution is -2.37.